The fourth-order valence-corrected chi connectivity index (χ4v) is 0.912. The number of hydrogen-bond donors (Lipinski definition) is 1. The molecule has 3 heteroatoms. The second-order valence-corrected chi connectivity index (χ2v) is 4.87. The van der Waals surface area contributed by atoms with E-state index in [1.165, 1.54) is 0 Å². The molecule has 1 unspecified atom stereocenters. The predicted octanol–water partition coefficient (Wildman–Crippen LogP) is 2.66. The molecule has 0 bridgehead atoms. The zero-order valence-corrected chi connectivity index (χ0v) is 8.81. The van der Waals surface area contributed by atoms with Gasteiger partial charge in [0.1, 0.15) is 0 Å². The van der Waals surface area contributed by atoms with E-state index in [0.717, 1.165) is 0 Å². The van der Waals surface area contributed by atoms with Gasteiger partial charge in [0.2, 0.25) is 0 Å². The SMILES string of the molecule is CC(C)(C)C(Br)CCC(=O)O. The number of carboxylic acid groups (broad SMARTS) is 1. The summed E-state index contributed by atoms with van der Waals surface area (Å²) in [4.78, 5) is 10.5. The normalized spacial score (nSPS) is 14.5. The van der Waals surface area contributed by atoms with Gasteiger partial charge in [-0.05, 0) is 11.8 Å². The number of alkyl halides is 1. The molecular weight excluding hydrogens is 208 g/mol. The molecule has 0 aromatic carbocycles. The molecule has 11 heavy (non-hydrogen) atoms. The molecule has 1 N–H and O–H groups in total. The standard InChI is InChI=1S/C8H15BrO2/c1-8(2,3)6(9)4-5-7(10)11/h6H,4-5H2,1-3H3,(H,10,11). The number of carboxylic acids is 1. The van der Waals surface area contributed by atoms with E-state index >= 15 is 0 Å². The Kier molecular flexibility index (Phi) is 4.08. The first kappa shape index (κ1) is 11.0. The van der Waals surface area contributed by atoms with Crippen molar-refractivity contribution in [2.45, 2.75) is 38.4 Å². The Balaban J connectivity index is 3.70. The molecule has 0 heterocycles. The third kappa shape index (κ3) is 5.24. The zero-order chi connectivity index (χ0) is 9.07. The first-order chi connectivity index (χ1) is 4.84. The summed E-state index contributed by atoms with van der Waals surface area (Å²) in [5.41, 5.74) is 0.148. The zero-order valence-electron chi connectivity index (χ0n) is 7.22. The van der Waals surface area contributed by atoms with Gasteiger partial charge in [0, 0.05) is 11.2 Å². The van der Waals surface area contributed by atoms with Crippen molar-refractivity contribution in [3.8, 4) is 0 Å². The van der Waals surface area contributed by atoms with E-state index in [0.29, 0.717) is 6.42 Å². The van der Waals surface area contributed by atoms with E-state index in [9.17, 15) is 4.79 Å². The molecule has 1 atom stereocenters. The highest BCUT2D eigenvalue weighted by molar-refractivity contribution is 9.09. The Morgan fingerprint density at radius 1 is 1.55 bits per heavy atom. The third-order valence-corrected chi connectivity index (χ3v) is 3.38. The van der Waals surface area contributed by atoms with Gasteiger partial charge in [-0.1, -0.05) is 36.7 Å². The van der Waals surface area contributed by atoms with Crippen molar-refractivity contribution >= 4 is 21.9 Å². The molecule has 0 radical (unpaired) electrons. The Morgan fingerprint density at radius 3 is 2.27 bits per heavy atom. The highest BCUT2D eigenvalue weighted by Gasteiger charge is 2.21. The topological polar surface area (TPSA) is 37.3 Å². The lowest BCUT2D eigenvalue weighted by Gasteiger charge is -2.24. The van der Waals surface area contributed by atoms with Crippen LogP contribution < -0.4 is 0 Å². The Labute approximate surface area is 76.1 Å². The van der Waals surface area contributed by atoms with Crippen molar-refractivity contribution in [1.82, 2.24) is 0 Å². The van der Waals surface area contributed by atoms with Gasteiger partial charge in [-0.15, -0.1) is 0 Å². The van der Waals surface area contributed by atoms with Crippen molar-refractivity contribution < 1.29 is 9.90 Å². The first-order valence-electron chi connectivity index (χ1n) is 3.70. The van der Waals surface area contributed by atoms with Crippen molar-refractivity contribution in [1.29, 1.82) is 0 Å². The smallest absolute Gasteiger partial charge is 0.303 e. The molecule has 0 spiro atoms. The second-order valence-electron chi connectivity index (χ2n) is 3.77. The predicted molar refractivity (Wildman–Crippen MR) is 49.0 cm³/mol. The summed E-state index contributed by atoms with van der Waals surface area (Å²) in [6.45, 7) is 6.27. The van der Waals surface area contributed by atoms with E-state index in [-0.39, 0.29) is 16.7 Å². The van der Waals surface area contributed by atoms with Crippen LogP contribution in [0.3, 0.4) is 0 Å². The highest BCUT2D eigenvalue weighted by Crippen LogP contribution is 2.29. The lowest BCUT2D eigenvalue weighted by atomic mass is 9.90. The average Bonchev–Trinajstić information content (AvgIpc) is 1.80. The van der Waals surface area contributed by atoms with Gasteiger partial charge in [0.05, 0.1) is 0 Å². The molecule has 0 aliphatic rings. The van der Waals surface area contributed by atoms with E-state index < -0.39 is 5.97 Å². The van der Waals surface area contributed by atoms with Gasteiger partial charge in [-0.3, -0.25) is 4.79 Å². The van der Waals surface area contributed by atoms with Crippen LogP contribution in [0.5, 0.6) is 0 Å². The second kappa shape index (κ2) is 4.10. The minimum absolute atomic E-state index is 0.148. The molecule has 66 valence electrons. The summed E-state index contributed by atoms with van der Waals surface area (Å²) in [5, 5.41) is 8.41. The van der Waals surface area contributed by atoms with E-state index in [1.54, 1.807) is 0 Å². The lowest BCUT2D eigenvalue weighted by molar-refractivity contribution is -0.137. The molecule has 0 saturated heterocycles. The molecule has 0 aliphatic heterocycles. The summed E-state index contributed by atoms with van der Waals surface area (Å²) in [7, 11) is 0. The van der Waals surface area contributed by atoms with Crippen LogP contribution >= 0.6 is 15.9 Å². The summed E-state index contributed by atoms with van der Waals surface area (Å²) in [5.74, 6) is -0.723. The maximum Gasteiger partial charge on any atom is 0.303 e. The van der Waals surface area contributed by atoms with E-state index in [1.807, 2.05) is 0 Å². The Hall–Kier alpha value is -0.0500. The van der Waals surface area contributed by atoms with Crippen LogP contribution in [0.25, 0.3) is 0 Å². The number of aliphatic carboxylic acids is 1. The van der Waals surface area contributed by atoms with Crippen molar-refractivity contribution in [3.05, 3.63) is 0 Å². The van der Waals surface area contributed by atoms with Gasteiger partial charge in [0.25, 0.3) is 0 Å². The number of rotatable bonds is 3. The summed E-state index contributed by atoms with van der Waals surface area (Å²) < 4.78 is 0. The minimum atomic E-state index is -0.723. The van der Waals surface area contributed by atoms with Crippen LogP contribution in [-0.2, 0) is 4.79 Å². The molecule has 0 saturated carbocycles. The molecule has 0 aromatic rings. The van der Waals surface area contributed by atoms with E-state index in [4.69, 9.17) is 5.11 Å². The molecular formula is C8H15BrO2. The van der Waals surface area contributed by atoms with Crippen LogP contribution in [0.2, 0.25) is 0 Å². The quantitative estimate of drug-likeness (QED) is 0.746. The largest absolute Gasteiger partial charge is 0.481 e. The monoisotopic (exact) mass is 222 g/mol. The Morgan fingerprint density at radius 2 is 2.00 bits per heavy atom. The van der Waals surface area contributed by atoms with Gasteiger partial charge in [-0.25, -0.2) is 0 Å². The summed E-state index contributed by atoms with van der Waals surface area (Å²) in [6.07, 6.45) is 0.937. The highest BCUT2D eigenvalue weighted by atomic mass is 79.9. The summed E-state index contributed by atoms with van der Waals surface area (Å²) in [6, 6.07) is 0. The van der Waals surface area contributed by atoms with Gasteiger partial charge in [-0.2, -0.15) is 0 Å². The maximum absolute atomic E-state index is 10.2. The van der Waals surface area contributed by atoms with Crippen LogP contribution in [-0.4, -0.2) is 15.9 Å². The van der Waals surface area contributed by atoms with Crippen molar-refractivity contribution in [3.63, 3.8) is 0 Å². The molecule has 2 nitrogen and oxygen atoms in total. The third-order valence-electron chi connectivity index (χ3n) is 1.55. The van der Waals surface area contributed by atoms with Crippen molar-refractivity contribution in [2.24, 2.45) is 5.41 Å². The Bertz CT molecular complexity index is 138. The molecule has 0 aliphatic carbocycles. The molecule has 0 aromatic heterocycles. The number of carbonyl (C=O) groups is 1. The van der Waals surface area contributed by atoms with Crippen molar-refractivity contribution in [2.75, 3.05) is 0 Å². The van der Waals surface area contributed by atoms with Crippen LogP contribution in [0.1, 0.15) is 33.6 Å². The van der Waals surface area contributed by atoms with Crippen LogP contribution in [0, 0.1) is 5.41 Å². The molecule has 0 fully saturated rings. The maximum atomic E-state index is 10.2. The van der Waals surface area contributed by atoms with Gasteiger partial charge >= 0.3 is 5.97 Å². The lowest BCUT2D eigenvalue weighted by Crippen LogP contribution is -2.20. The summed E-state index contributed by atoms with van der Waals surface area (Å²) >= 11 is 3.46. The van der Waals surface area contributed by atoms with E-state index in [2.05, 4.69) is 36.7 Å². The minimum Gasteiger partial charge on any atom is -0.481 e. The molecule has 0 amide bonds. The van der Waals surface area contributed by atoms with Crippen LogP contribution in [0.15, 0.2) is 0 Å². The fraction of sp³-hybridized carbons (Fsp3) is 0.875. The fourth-order valence-electron chi connectivity index (χ4n) is 0.683. The molecule has 0 rings (SSSR count). The number of halogens is 1. The van der Waals surface area contributed by atoms with Gasteiger partial charge < -0.3 is 5.11 Å². The van der Waals surface area contributed by atoms with Gasteiger partial charge in [0.15, 0.2) is 0 Å². The first-order valence-corrected chi connectivity index (χ1v) is 4.61. The van der Waals surface area contributed by atoms with Crippen LogP contribution in [0.4, 0.5) is 0 Å². The average molecular weight is 223 g/mol. The number of hydrogen-bond acceptors (Lipinski definition) is 1.